The molecule has 3 rings (SSSR count). The van der Waals surface area contributed by atoms with Gasteiger partial charge < -0.3 is 0 Å². The quantitative estimate of drug-likeness (QED) is 0.768. The van der Waals surface area contributed by atoms with E-state index in [1.165, 1.54) is 23.5 Å². The van der Waals surface area contributed by atoms with Gasteiger partial charge in [-0.2, -0.15) is 5.10 Å². The van der Waals surface area contributed by atoms with Crippen molar-refractivity contribution >= 4 is 22.4 Å². The second-order valence-corrected chi connectivity index (χ2v) is 6.57. The predicted octanol–water partition coefficient (Wildman–Crippen LogP) is 4.29. The maximum Gasteiger partial charge on any atom is 0.277 e. The zero-order valence-corrected chi connectivity index (χ0v) is 14.4. The fraction of sp³-hybridized carbons (Fsp3) is 0.235. The summed E-state index contributed by atoms with van der Waals surface area (Å²) in [5.41, 5.74) is 2.79. The first-order valence-electron chi connectivity index (χ1n) is 7.53. The Morgan fingerprint density at radius 3 is 2.62 bits per heavy atom. The van der Waals surface area contributed by atoms with Crippen LogP contribution in [0.5, 0.6) is 0 Å². The van der Waals surface area contributed by atoms with Crippen molar-refractivity contribution in [2.24, 2.45) is 0 Å². The summed E-state index contributed by atoms with van der Waals surface area (Å²) in [6, 6.07) is 8.02. The number of benzene rings is 1. The van der Waals surface area contributed by atoms with E-state index in [4.69, 9.17) is 0 Å². The van der Waals surface area contributed by atoms with Crippen LogP contribution in [0.15, 0.2) is 35.7 Å². The highest BCUT2D eigenvalue weighted by molar-refractivity contribution is 7.14. The lowest BCUT2D eigenvalue weighted by atomic mass is 10.2. The molecule has 0 aliphatic carbocycles. The first-order chi connectivity index (χ1) is 11.4. The van der Waals surface area contributed by atoms with Gasteiger partial charge in [-0.05, 0) is 51.1 Å². The van der Waals surface area contributed by atoms with Crippen LogP contribution in [0.1, 0.15) is 36.1 Å². The number of aromatic nitrogens is 3. The van der Waals surface area contributed by atoms with Crippen molar-refractivity contribution in [1.82, 2.24) is 14.8 Å². The second-order valence-electron chi connectivity index (χ2n) is 5.71. The number of carbonyl (C=O) groups is 1. The number of anilines is 1. The van der Waals surface area contributed by atoms with Gasteiger partial charge in [0.25, 0.3) is 5.91 Å². The molecular weight excluding hydrogens is 327 g/mol. The molecule has 1 N–H and O–H groups in total. The molecule has 2 heterocycles. The number of thiazole rings is 1. The third-order valence-corrected chi connectivity index (χ3v) is 4.27. The molecule has 0 aliphatic heterocycles. The minimum atomic E-state index is -0.294. The zero-order valence-electron chi connectivity index (χ0n) is 13.6. The normalized spacial score (nSPS) is 11.0. The van der Waals surface area contributed by atoms with Crippen molar-refractivity contribution in [2.75, 3.05) is 5.32 Å². The van der Waals surface area contributed by atoms with Crippen LogP contribution in [0.25, 0.3) is 11.3 Å². The van der Waals surface area contributed by atoms with Gasteiger partial charge >= 0.3 is 0 Å². The Morgan fingerprint density at radius 2 is 2.00 bits per heavy atom. The number of aryl methyl sites for hydroxylation is 1. The van der Waals surface area contributed by atoms with Crippen LogP contribution in [-0.2, 0) is 0 Å². The molecule has 0 unspecified atom stereocenters. The Bertz CT molecular complexity index is 867. The van der Waals surface area contributed by atoms with Gasteiger partial charge in [0.2, 0.25) is 0 Å². The molecule has 0 fully saturated rings. The lowest BCUT2D eigenvalue weighted by Gasteiger charge is -2.06. The second kappa shape index (κ2) is 6.52. The molecule has 0 saturated heterocycles. The SMILES string of the molecule is Cc1cc(C(=O)Nc2nc(-c3ccc(F)cc3)cs2)nn1C(C)C. The van der Waals surface area contributed by atoms with Crippen molar-refractivity contribution in [3.63, 3.8) is 0 Å². The molecule has 1 aromatic carbocycles. The van der Waals surface area contributed by atoms with Gasteiger partial charge in [0, 0.05) is 22.7 Å². The molecule has 2 aromatic heterocycles. The van der Waals surface area contributed by atoms with Gasteiger partial charge in [-0.25, -0.2) is 9.37 Å². The number of halogens is 1. The van der Waals surface area contributed by atoms with E-state index in [2.05, 4.69) is 15.4 Å². The molecule has 0 aliphatic rings. The van der Waals surface area contributed by atoms with Crippen molar-refractivity contribution in [2.45, 2.75) is 26.8 Å². The molecule has 7 heteroatoms. The lowest BCUT2D eigenvalue weighted by molar-refractivity contribution is 0.102. The summed E-state index contributed by atoms with van der Waals surface area (Å²) in [4.78, 5) is 16.7. The first kappa shape index (κ1) is 16.3. The van der Waals surface area contributed by atoms with Crippen molar-refractivity contribution in [1.29, 1.82) is 0 Å². The van der Waals surface area contributed by atoms with Crippen molar-refractivity contribution < 1.29 is 9.18 Å². The predicted molar refractivity (Wildman–Crippen MR) is 92.8 cm³/mol. The summed E-state index contributed by atoms with van der Waals surface area (Å²) in [6.45, 7) is 5.94. The number of rotatable bonds is 4. The van der Waals surface area contributed by atoms with Gasteiger partial charge in [0.15, 0.2) is 10.8 Å². The maximum absolute atomic E-state index is 13.0. The van der Waals surface area contributed by atoms with Gasteiger partial charge in [0.05, 0.1) is 5.69 Å². The Kier molecular flexibility index (Phi) is 4.44. The standard InChI is InChI=1S/C17H17FN4OS/c1-10(2)22-11(3)8-14(21-22)16(23)20-17-19-15(9-24-17)12-4-6-13(18)7-5-12/h4-10H,1-3H3,(H,19,20,23). The summed E-state index contributed by atoms with van der Waals surface area (Å²) in [5.74, 6) is -0.587. The van der Waals surface area contributed by atoms with Gasteiger partial charge in [-0.3, -0.25) is 14.8 Å². The molecule has 1 amide bonds. The van der Waals surface area contributed by atoms with Crippen molar-refractivity contribution in [3.8, 4) is 11.3 Å². The van der Waals surface area contributed by atoms with E-state index in [9.17, 15) is 9.18 Å². The Balaban J connectivity index is 1.76. The van der Waals surface area contributed by atoms with Crippen LogP contribution >= 0.6 is 11.3 Å². The van der Waals surface area contributed by atoms with Crippen LogP contribution < -0.4 is 5.32 Å². The molecule has 0 atom stereocenters. The first-order valence-corrected chi connectivity index (χ1v) is 8.41. The summed E-state index contributed by atoms with van der Waals surface area (Å²) in [6.07, 6.45) is 0. The molecule has 0 bridgehead atoms. The number of nitrogens with one attached hydrogen (secondary N) is 1. The smallest absolute Gasteiger partial charge is 0.277 e. The highest BCUT2D eigenvalue weighted by Crippen LogP contribution is 2.25. The molecular formula is C17H17FN4OS. The van der Waals surface area contributed by atoms with Crippen LogP contribution in [-0.4, -0.2) is 20.7 Å². The Morgan fingerprint density at radius 1 is 1.29 bits per heavy atom. The zero-order chi connectivity index (χ0) is 17.3. The Labute approximate surface area is 143 Å². The van der Waals surface area contributed by atoms with Crippen LogP contribution in [0.3, 0.4) is 0 Å². The number of nitrogens with zero attached hydrogens (tertiary/aromatic N) is 3. The lowest BCUT2D eigenvalue weighted by Crippen LogP contribution is -2.13. The van der Waals surface area contributed by atoms with Gasteiger partial charge in [-0.1, -0.05) is 0 Å². The number of amides is 1. The highest BCUT2D eigenvalue weighted by atomic mass is 32.1. The average molecular weight is 344 g/mol. The largest absolute Gasteiger partial charge is 0.296 e. The minimum Gasteiger partial charge on any atom is -0.296 e. The average Bonchev–Trinajstić information content (AvgIpc) is 3.15. The molecule has 3 aromatic rings. The van der Waals surface area contributed by atoms with E-state index in [1.54, 1.807) is 22.9 Å². The minimum absolute atomic E-state index is 0.191. The Hall–Kier alpha value is -2.54. The molecule has 0 saturated carbocycles. The summed E-state index contributed by atoms with van der Waals surface area (Å²) < 4.78 is 14.8. The molecule has 24 heavy (non-hydrogen) atoms. The monoisotopic (exact) mass is 344 g/mol. The third kappa shape index (κ3) is 3.35. The number of hydrogen-bond acceptors (Lipinski definition) is 4. The summed E-state index contributed by atoms with van der Waals surface area (Å²) in [5, 5.41) is 9.38. The van der Waals surface area contributed by atoms with E-state index in [1.807, 2.05) is 26.2 Å². The van der Waals surface area contributed by atoms with E-state index >= 15 is 0 Å². The molecule has 124 valence electrons. The molecule has 0 spiro atoms. The number of carbonyl (C=O) groups excluding carboxylic acids is 1. The topological polar surface area (TPSA) is 59.8 Å². The fourth-order valence-electron chi connectivity index (χ4n) is 2.37. The number of hydrogen-bond donors (Lipinski definition) is 1. The van der Waals surface area contributed by atoms with Crippen LogP contribution in [0.2, 0.25) is 0 Å². The van der Waals surface area contributed by atoms with E-state index in [-0.39, 0.29) is 17.8 Å². The summed E-state index contributed by atoms with van der Waals surface area (Å²) >= 11 is 1.32. The van der Waals surface area contributed by atoms with E-state index in [0.717, 1.165) is 11.3 Å². The highest BCUT2D eigenvalue weighted by Gasteiger charge is 2.15. The summed E-state index contributed by atoms with van der Waals surface area (Å²) in [7, 11) is 0. The molecule has 0 radical (unpaired) electrons. The fourth-order valence-corrected chi connectivity index (χ4v) is 3.08. The van der Waals surface area contributed by atoms with E-state index in [0.29, 0.717) is 16.5 Å². The van der Waals surface area contributed by atoms with E-state index < -0.39 is 0 Å². The molecule has 5 nitrogen and oxygen atoms in total. The van der Waals surface area contributed by atoms with Crippen LogP contribution in [0.4, 0.5) is 9.52 Å². The third-order valence-electron chi connectivity index (χ3n) is 3.51. The van der Waals surface area contributed by atoms with Crippen LogP contribution in [0, 0.1) is 12.7 Å². The maximum atomic E-state index is 13.0. The van der Waals surface area contributed by atoms with Gasteiger partial charge in [0.1, 0.15) is 5.82 Å². The van der Waals surface area contributed by atoms with Gasteiger partial charge in [-0.15, -0.1) is 11.3 Å². The van der Waals surface area contributed by atoms with Crippen molar-refractivity contribution in [3.05, 3.63) is 52.9 Å².